The molecule has 0 saturated heterocycles. The van der Waals surface area contributed by atoms with E-state index in [1.54, 1.807) is 6.07 Å². The fourth-order valence-corrected chi connectivity index (χ4v) is 1.52. The van der Waals surface area contributed by atoms with E-state index in [9.17, 15) is 18.0 Å². The molecule has 0 atom stereocenters. The number of nitrogens with zero attached hydrogens (tertiary/aromatic N) is 1. The van der Waals surface area contributed by atoms with E-state index < -0.39 is 24.0 Å². The molecule has 1 rings (SSSR count). The van der Waals surface area contributed by atoms with Gasteiger partial charge < -0.3 is 15.1 Å². The molecule has 0 fully saturated rings. The number of alkyl halides is 3. The van der Waals surface area contributed by atoms with Crippen molar-refractivity contribution in [2.24, 2.45) is 11.1 Å². The summed E-state index contributed by atoms with van der Waals surface area (Å²) in [5, 5.41) is 0. The van der Waals surface area contributed by atoms with Gasteiger partial charge in [-0.3, -0.25) is 4.79 Å². The summed E-state index contributed by atoms with van der Waals surface area (Å²) in [6, 6.07) is 3.08. The molecule has 0 radical (unpaired) electrons. The summed E-state index contributed by atoms with van der Waals surface area (Å²) in [4.78, 5) is 12.8. The molecule has 0 bridgehead atoms. The largest absolute Gasteiger partial charge is 0.467 e. The third-order valence-corrected chi connectivity index (χ3v) is 2.67. The molecule has 108 valence electrons. The lowest BCUT2D eigenvalue weighted by Crippen LogP contribution is -2.47. The van der Waals surface area contributed by atoms with Crippen LogP contribution >= 0.6 is 0 Å². The third-order valence-electron chi connectivity index (χ3n) is 2.67. The van der Waals surface area contributed by atoms with Crippen molar-refractivity contribution < 1.29 is 22.4 Å². The van der Waals surface area contributed by atoms with Gasteiger partial charge in [-0.25, -0.2) is 0 Å². The normalized spacial score (nSPS) is 12.5. The molecule has 0 unspecified atom stereocenters. The lowest BCUT2D eigenvalue weighted by atomic mass is 9.91. The van der Waals surface area contributed by atoms with Crippen LogP contribution in [0, 0.1) is 5.41 Å². The van der Waals surface area contributed by atoms with Gasteiger partial charge in [-0.1, -0.05) is 0 Å². The second kappa shape index (κ2) is 5.64. The Balaban J connectivity index is 2.89. The molecule has 1 aromatic heterocycles. The average molecular weight is 278 g/mol. The van der Waals surface area contributed by atoms with Gasteiger partial charge in [0, 0.05) is 6.54 Å². The van der Waals surface area contributed by atoms with Crippen molar-refractivity contribution in [1.82, 2.24) is 4.90 Å². The minimum Gasteiger partial charge on any atom is -0.467 e. The zero-order valence-electron chi connectivity index (χ0n) is 10.8. The first-order valence-electron chi connectivity index (χ1n) is 5.74. The maximum Gasteiger partial charge on any atom is 0.406 e. The lowest BCUT2D eigenvalue weighted by Gasteiger charge is -2.31. The molecule has 0 aliphatic rings. The van der Waals surface area contributed by atoms with Crippen molar-refractivity contribution in [2.45, 2.75) is 26.6 Å². The van der Waals surface area contributed by atoms with Crippen molar-refractivity contribution in [1.29, 1.82) is 0 Å². The number of rotatable bonds is 5. The summed E-state index contributed by atoms with van der Waals surface area (Å²) in [5.74, 6) is -0.353. The van der Waals surface area contributed by atoms with Crippen molar-refractivity contribution in [3.63, 3.8) is 0 Å². The molecule has 0 aliphatic heterocycles. The van der Waals surface area contributed by atoms with Gasteiger partial charge in [0.2, 0.25) is 5.91 Å². The van der Waals surface area contributed by atoms with E-state index >= 15 is 0 Å². The van der Waals surface area contributed by atoms with Crippen LogP contribution in [-0.2, 0) is 11.3 Å². The highest BCUT2D eigenvalue weighted by molar-refractivity contribution is 5.82. The molecular weight excluding hydrogens is 261 g/mol. The molecule has 7 heteroatoms. The minimum atomic E-state index is -4.47. The van der Waals surface area contributed by atoms with Crippen LogP contribution in [-0.4, -0.2) is 30.1 Å². The van der Waals surface area contributed by atoms with E-state index in [0.717, 1.165) is 0 Å². The second-order valence-corrected chi connectivity index (χ2v) is 4.94. The second-order valence-electron chi connectivity index (χ2n) is 4.94. The van der Waals surface area contributed by atoms with Crippen molar-refractivity contribution in [2.75, 3.05) is 13.1 Å². The number of halogens is 3. The number of carbonyl (C=O) groups excluding carboxylic acids is 1. The van der Waals surface area contributed by atoms with E-state index in [2.05, 4.69) is 0 Å². The van der Waals surface area contributed by atoms with Crippen LogP contribution in [0.1, 0.15) is 19.6 Å². The highest BCUT2D eigenvalue weighted by atomic mass is 19.4. The summed E-state index contributed by atoms with van der Waals surface area (Å²) in [5.41, 5.74) is 4.39. The molecule has 1 heterocycles. The maximum absolute atomic E-state index is 12.5. The quantitative estimate of drug-likeness (QED) is 0.897. The predicted molar refractivity (Wildman–Crippen MR) is 63.0 cm³/mol. The molecule has 0 spiro atoms. The van der Waals surface area contributed by atoms with Gasteiger partial charge in [0.1, 0.15) is 12.3 Å². The molecular formula is C12H17F3N2O2. The SMILES string of the molecule is CC(C)(CN)C(=O)N(Cc1ccco1)CC(F)(F)F. The summed E-state index contributed by atoms with van der Waals surface area (Å²) >= 11 is 0. The Kier molecular flexibility index (Phi) is 4.62. The van der Waals surface area contributed by atoms with Gasteiger partial charge >= 0.3 is 6.18 Å². The Bertz CT molecular complexity index is 413. The topological polar surface area (TPSA) is 59.5 Å². The first-order valence-corrected chi connectivity index (χ1v) is 5.74. The fraction of sp³-hybridized carbons (Fsp3) is 0.583. The zero-order valence-corrected chi connectivity index (χ0v) is 10.8. The Morgan fingerprint density at radius 2 is 2.05 bits per heavy atom. The summed E-state index contributed by atoms with van der Waals surface area (Å²) in [7, 11) is 0. The molecule has 19 heavy (non-hydrogen) atoms. The van der Waals surface area contributed by atoms with Gasteiger partial charge in [0.15, 0.2) is 0 Å². The third kappa shape index (κ3) is 4.59. The Morgan fingerprint density at radius 1 is 1.42 bits per heavy atom. The van der Waals surface area contributed by atoms with Gasteiger partial charge in [0.05, 0.1) is 18.2 Å². The number of hydrogen-bond acceptors (Lipinski definition) is 3. The molecule has 2 N–H and O–H groups in total. The van der Waals surface area contributed by atoms with E-state index in [1.807, 2.05) is 0 Å². The summed E-state index contributed by atoms with van der Waals surface area (Å²) in [6.45, 7) is 1.45. The van der Waals surface area contributed by atoms with Gasteiger partial charge in [-0.05, 0) is 26.0 Å². The molecule has 1 amide bonds. The van der Waals surface area contributed by atoms with Crippen LogP contribution in [0.2, 0.25) is 0 Å². The van der Waals surface area contributed by atoms with E-state index in [1.165, 1.54) is 26.2 Å². The monoisotopic (exact) mass is 278 g/mol. The molecule has 0 saturated carbocycles. The van der Waals surface area contributed by atoms with Gasteiger partial charge in [-0.15, -0.1) is 0 Å². The van der Waals surface area contributed by atoms with Crippen LogP contribution in [0.4, 0.5) is 13.2 Å². The van der Waals surface area contributed by atoms with Gasteiger partial charge in [0.25, 0.3) is 0 Å². The average Bonchev–Trinajstić information content (AvgIpc) is 2.78. The number of nitrogens with two attached hydrogens (primary N) is 1. The maximum atomic E-state index is 12.5. The number of furan rings is 1. The Labute approximate surface area is 109 Å². The Morgan fingerprint density at radius 3 is 2.47 bits per heavy atom. The summed E-state index contributed by atoms with van der Waals surface area (Å²) in [6.07, 6.45) is -3.12. The van der Waals surface area contributed by atoms with E-state index in [0.29, 0.717) is 10.7 Å². The molecule has 0 aliphatic carbocycles. The van der Waals surface area contributed by atoms with E-state index in [-0.39, 0.29) is 13.1 Å². The summed E-state index contributed by atoms with van der Waals surface area (Å²) < 4.78 is 42.6. The van der Waals surface area contributed by atoms with Crippen LogP contribution < -0.4 is 5.73 Å². The lowest BCUT2D eigenvalue weighted by molar-refractivity contribution is -0.168. The van der Waals surface area contributed by atoms with Crippen LogP contribution in [0.3, 0.4) is 0 Å². The van der Waals surface area contributed by atoms with Crippen molar-refractivity contribution in [3.8, 4) is 0 Å². The highest BCUT2D eigenvalue weighted by Gasteiger charge is 2.38. The van der Waals surface area contributed by atoms with E-state index in [4.69, 9.17) is 10.2 Å². The number of amides is 1. The molecule has 0 aromatic carbocycles. The van der Waals surface area contributed by atoms with Crippen molar-refractivity contribution >= 4 is 5.91 Å². The zero-order chi connectivity index (χ0) is 14.7. The smallest absolute Gasteiger partial charge is 0.406 e. The number of hydrogen-bond donors (Lipinski definition) is 1. The fourth-order valence-electron chi connectivity index (χ4n) is 1.52. The Hall–Kier alpha value is -1.50. The minimum absolute atomic E-state index is 0.0294. The highest BCUT2D eigenvalue weighted by Crippen LogP contribution is 2.24. The number of carbonyl (C=O) groups is 1. The van der Waals surface area contributed by atoms with Crippen LogP contribution in [0.5, 0.6) is 0 Å². The standard InChI is InChI=1S/C12H17F3N2O2/c1-11(2,7-16)10(18)17(8-12(13,14)15)6-9-4-3-5-19-9/h3-5H,6-8,16H2,1-2H3. The molecule has 1 aromatic rings. The van der Waals surface area contributed by atoms with Gasteiger partial charge in [-0.2, -0.15) is 13.2 Å². The van der Waals surface area contributed by atoms with Crippen LogP contribution in [0.15, 0.2) is 22.8 Å². The molecule has 4 nitrogen and oxygen atoms in total. The first-order chi connectivity index (χ1) is 8.65. The predicted octanol–water partition coefficient (Wildman–Crippen LogP) is 2.16. The first kappa shape index (κ1) is 15.6. The van der Waals surface area contributed by atoms with Crippen LogP contribution in [0.25, 0.3) is 0 Å². The van der Waals surface area contributed by atoms with Crippen molar-refractivity contribution in [3.05, 3.63) is 24.2 Å².